The van der Waals surface area contributed by atoms with Crippen molar-refractivity contribution in [2.24, 2.45) is 0 Å². The average molecular weight is 233 g/mol. The first-order valence-corrected chi connectivity index (χ1v) is 5.66. The van der Waals surface area contributed by atoms with Crippen LogP contribution in [0.1, 0.15) is 18.8 Å². The lowest BCUT2D eigenvalue weighted by atomic mass is 10.2. The van der Waals surface area contributed by atoms with Gasteiger partial charge in [0, 0.05) is 38.6 Å². The molecule has 1 atom stereocenters. The number of rotatable bonds is 2. The summed E-state index contributed by atoms with van der Waals surface area (Å²) in [6.45, 7) is 4.90. The molecule has 1 aliphatic heterocycles. The van der Waals surface area contributed by atoms with Crippen molar-refractivity contribution in [3.63, 3.8) is 0 Å². The number of hydrogen-bond donors (Lipinski definition) is 1. The standard InChI is InChI=1S/C11H15N5O/c1-9(16-7-4-14-10(16)8-12)11(17)15-5-2-13-3-6-15/h4,7,9,13H,2-3,5-6H2,1H3. The predicted molar refractivity (Wildman–Crippen MR) is 61.1 cm³/mol. The maximum absolute atomic E-state index is 12.2. The highest BCUT2D eigenvalue weighted by Crippen LogP contribution is 2.12. The number of carbonyl (C=O) groups is 1. The van der Waals surface area contributed by atoms with Crippen LogP contribution in [0.3, 0.4) is 0 Å². The number of nitrogens with zero attached hydrogens (tertiary/aromatic N) is 4. The van der Waals surface area contributed by atoms with Crippen LogP contribution in [-0.2, 0) is 4.79 Å². The van der Waals surface area contributed by atoms with Crippen molar-refractivity contribution in [2.45, 2.75) is 13.0 Å². The molecule has 1 saturated heterocycles. The van der Waals surface area contributed by atoms with Gasteiger partial charge in [-0.15, -0.1) is 0 Å². The van der Waals surface area contributed by atoms with E-state index in [1.165, 1.54) is 0 Å². The summed E-state index contributed by atoms with van der Waals surface area (Å²) in [5.74, 6) is 0.321. The van der Waals surface area contributed by atoms with E-state index in [1.54, 1.807) is 23.9 Å². The zero-order chi connectivity index (χ0) is 12.3. The number of carbonyl (C=O) groups excluding carboxylic acids is 1. The minimum absolute atomic E-state index is 0.0426. The highest BCUT2D eigenvalue weighted by atomic mass is 16.2. The lowest BCUT2D eigenvalue weighted by Crippen LogP contribution is -2.48. The monoisotopic (exact) mass is 233 g/mol. The Hall–Kier alpha value is -1.87. The van der Waals surface area contributed by atoms with Crippen molar-refractivity contribution >= 4 is 5.91 Å². The highest BCUT2D eigenvalue weighted by Gasteiger charge is 2.24. The number of amides is 1. The maximum Gasteiger partial charge on any atom is 0.245 e. The summed E-state index contributed by atoms with van der Waals surface area (Å²) < 4.78 is 1.62. The molecule has 1 unspecified atom stereocenters. The molecule has 0 spiro atoms. The number of hydrogen-bond acceptors (Lipinski definition) is 4. The first-order chi connectivity index (χ1) is 8.24. The molecule has 2 heterocycles. The van der Waals surface area contributed by atoms with Crippen molar-refractivity contribution in [1.82, 2.24) is 19.8 Å². The number of nitriles is 1. The average Bonchev–Trinajstić information content (AvgIpc) is 2.86. The Labute approximate surface area is 99.8 Å². The third kappa shape index (κ3) is 2.29. The third-order valence-electron chi connectivity index (χ3n) is 2.97. The summed E-state index contributed by atoms with van der Waals surface area (Å²) >= 11 is 0. The minimum Gasteiger partial charge on any atom is -0.338 e. The van der Waals surface area contributed by atoms with Crippen LogP contribution in [-0.4, -0.2) is 46.5 Å². The summed E-state index contributed by atoms with van der Waals surface area (Å²) in [7, 11) is 0. The Morgan fingerprint density at radius 1 is 1.59 bits per heavy atom. The molecular weight excluding hydrogens is 218 g/mol. The second-order valence-corrected chi connectivity index (χ2v) is 4.02. The third-order valence-corrected chi connectivity index (χ3v) is 2.97. The number of aromatic nitrogens is 2. The van der Waals surface area contributed by atoms with Crippen molar-refractivity contribution < 1.29 is 4.79 Å². The fourth-order valence-corrected chi connectivity index (χ4v) is 1.98. The quantitative estimate of drug-likeness (QED) is 0.764. The molecular formula is C11H15N5O. The summed E-state index contributed by atoms with van der Waals surface area (Å²) in [6, 6.07) is 1.61. The van der Waals surface area contributed by atoms with E-state index in [0.717, 1.165) is 26.2 Å². The van der Waals surface area contributed by atoms with Crippen LogP contribution >= 0.6 is 0 Å². The number of imidazole rings is 1. The van der Waals surface area contributed by atoms with E-state index in [0.29, 0.717) is 0 Å². The SMILES string of the molecule is CC(C(=O)N1CCNCC1)n1ccnc1C#N. The highest BCUT2D eigenvalue weighted by molar-refractivity contribution is 5.80. The first-order valence-electron chi connectivity index (χ1n) is 5.66. The molecule has 0 bridgehead atoms. The van der Waals surface area contributed by atoms with Crippen molar-refractivity contribution in [3.8, 4) is 6.07 Å². The molecule has 1 aromatic rings. The molecule has 0 radical (unpaired) electrons. The van der Waals surface area contributed by atoms with Crippen molar-refractivity contribution in [2.75, 3.05) is 26.2 Å². The van der Waals surface area contributed by atoms with Crippen LogP contribution in [0.25, 0.3) is 0 Å². The zero-order valence-corrected chi connectivity index (χ0v) is 9.76. The molecule has 0 saturated carbocycles. The largest absolute Gasteiger partial charge is 0.338 e. The van der Waals surface area contributed by atoms with Crippen LogP contribution in [0.5, 0.6) is 0 Å². The van der Waals surface area contributed by atoms with Gasteiger partial charge in [0.05, 0.1) is 0 Å². The van der Waals surface area contributed by atoms with Crippen LogP contribution in [0.15, 0.2) is 12.4 Å². The normalized spacial score (nSPS) is 17.5. The van der Waals surface area contributed by atoms with Gasteiger partial charge in [0.25, 0.3) is 0 Å². The number of piperazine rings is 1. The van der Waals surface area contributed by atoms with Crippen molar-refractivity contribution in [1.29, 1.82) is 5.26 Å². The van der Waals surface area contributed by atoms with Gasteiger partial charge in [-0.2, -0.15) is 5.26 Å². The van der Waals surface area contributed by atoms with Gasteiger partial charge in [0.15, 0.2) is 0 Å². The minimum atomic E-state index is -0.370. The second kappa shape index (κ2) is 4.97. The molecule has 1 amide bonds. The molecule has 6 heteroatoms. The van der Waals surface area contributed by atoms with E-state index in [2.05, 4.69) is 10.3 Å². The van der Waals surface area contributed by atoms with Gasteiger partial charge in [-0.05, 0) is 6.92 Å². The van der Waals surface area contributed by atoms with E-state index < -0.39 is 0 Å². The lowest BCUT2D eigenvalue weighted by molar-refractivity contribution is -0.134. The molecule has 90 valence electrons. The van der Waals surface area contributed by atoms with Gasteiger partial charge in [-0.3, -0.25) is 4.79 Å². The van der Waals surface area contributed by atoms with Crippen LogP contribution in [0.4, 0.5) is 0 Å². The molecule has 17 heavy (non-hydrogen) atoms. The molecule has 1 aliphatic rings. The van der Waals surface area contributed by atoms with Gasteiger partial charge in [0.1, 0.15) is 12.1 Å². The topological polar surface area (TPSA) is 74.0 Å². The van der Waals surface area contributed by atoms with Gasteiger partial charge < -0.3 is 14.8 Å². The van der Waals surface area contributed by atoms with E-state index in [9.17, 15) is 4.79 Å². The Morgan fingerprint density at radius 3 is 2.94 bits per heavy atom. The summed E-state index contributed by atoms with van der Waals surface area (Å²) in [5.41, 5.74) is 0. The van der Waals surface area contributed by atoms with Crippen LogP contribution < -0.4 is 5.32 Å². The van der Waals surface area contributed by atoms with Crippen molar-refractivity contribution in [3.05, 3.63) is 18.2 Å². The Kier molecular flexibility index (Phi) is 3.40. The zero-order valence-electron chi connectivity index (χ0n) is 9.76. The first kappa shape index (κ1) is 11.6. The van der Waals surface area contributed by atoms with Crippen LogP contribution in [0.2, 0.25) is 0 Å². The molecule has 0 aliphatic carbocycles. The Balaban J connectivity index is 2.11. The van der Waals surface area contributed by atoms with E-state index in [4.69, 9.17) is 5.26 Å². The fraction of sp³-hybridized carbons (Fsp3) is 0.545. The Morgan fingerprint density at radius 2 is 2.29 bits per heavy atom. The van der Waals surface area contributed by atoms with Gasteiger partial charge in [0.2, 0.25) is 11.7 Å². The molecule has 0 aromatic carbocycles. The van der Waals surface area contributed by atoms with Crippen LogP contribution in [0, 0.1) is 11.3 Å². The molecule has 1 aromatic heterocycles. The molecule has 2 rings (SSSR count). The van der Waals surface area contributed by atoms with E-state index in [1.807, 2.05) is 11.0 Å². The smallest absolute Gasteiger partial charge is 0.245 e. The molecule has 6 nitrogen and oxygen atoms in total. The fourth-order valence-electron chi connectivity index (χ4n) is 1.98. The van der Waals surface area contributed by atoms with Gasteiger partial charge >= 0.3 is 0 Å². The second-order valence-electron chi connectivity index (χ2n) is 4.02. The molecule has 1 N–H and O–H groups in total. The van der Waals surface area contributed by atoms with E-state index in [-0.39, 0.29) is 17.8 Å². The maximum atomic E-state index is 12.2. The predicted octanol–water partition coefficient (Wildman–Crippen LogP) is -0.252. The molecule has 1 fully saturated rings. The number of nitrogens with one attached hydrogen (secondary N) is 1. The Bertz CT molecular complexity index is 441. The lowest BCUT2D eigenvalue weighted by Gasteiger charge is -2.30. The van der Waals surface area contributed by atoms with E-state index >= 15 is 0 Å². The summed E-state index contributed by atoms with van der Waals surface area (Å²) in [6.07, 6.45) is 3.21. The van der Waals surface area contributed by atoms with Gasteiger partial charge in [-0.25, -0.2) is 4.98 Å². The van der Waals surface area contributed by atoms with Gasteiger partial charge in [-0.1, -0.05) is 0 Å². The summed E-state index contributed by atoms with van der Waals surface area (Å²) in [4.78, 5) is 17.9. The summed E-state index contributed by atoms with van der Waals surface area (Å²) in [5, 5.41) is 12.1.